The molecule has 23 heavy (non-hydrogen) atoms. The van der Waals surface area contributed by atoms with E-state index in [9.17, 15) is 22.8 Å². The second-order valence-corrected chi connectivity index (χ2v) is 5.09. The molecule has 2 rings (SSSR count). The highest BCUT2D eigenvalue weighted by Crippen LogP contribution is 2.27. The second kappa shape index (κ2) is 6.72. The Morgan fingerprint density at radius 3 is 2.61 bits per heavy atom. The topological polar surface area (TPSA) is 72.6 Å². The summed E-state index contributed by atoms with van der Waals surface area (Å²) in [6, 6.07) is 5.50. The van der Waals surface area contributed by atoms with Crippen LogP contribution in [-0.2, 0) is 9.59 Å². The molecule has 1 aromatic rings. The molecule has 1 atom stereocenters. The Labute approximate surface area is 130 Å². The molecular formula is C15H15F3N2O3. The van der Waals surface area contributed by atoms with E-state index in [0.717, 1.165) is 12.1 Å². The van der Waals surface area contributed by atoms with Crippen molar-refractivity contribution in [3.05, 3.63) is 35.9 Å². The van der Waals surface area contributed by atoms with Gasteiger partial charge in [0.1, 0.15) is 5.75 Å². The van der Waals surface area contributed by atoms with E-state index in [2.05, 4.69) is 4.74 Å². The molecule has 2 amide bonds. The first-order chi connectivity index (χ1) is 10.8. The predicted octanol–water partition coefficient (Wildman–Crippen LogP) is 1.93. The molecule has 1 saturated heterocycles. The summed E-state index contributed by atoms with van der Waals surface area (Å²) in [6.45, 7) is 0.608. The number of nitrogens with two attached hydrogens (primary N) is 1. The van der Waals surface area contributed by atoms with Gasteiger partial charge in [0.05, 0.1) is 5.92 Å². The van der Waals surface area contributed by atoms with Crippen LogP contribution in [0.5, 0.6) is 5.75 Å². The molecule has 124 valence electrons. The molecule has 0 aromatic heterocycles. The maximum Gasteiger partial charge on any atom is 0.573 e. The number of carbonyl (C=O) groups is 2. The summed E-state index contributed by atoms with van der Waals surface area (Å²) in [6.07, 6.45) is -1.91. The molecule has 0 saturated carbocycles. The normalized spacial score (nSPS) is 18.4. The van der Waals surface area contributed by atoms with Crippen LogP contribution in [0.3, 0.4) is 0 Å². The molecule has 0 radical (unpaired) electrons. The summed E-state index contributed by atoms with van der Waals surface area (Å²) in [4.78, 5) is 24.5. The van der Waals surface area contributed by atoms with E-state index in [1.807, 2.05) is 0 Å². The van der Waals surface area contributed by atoms with Gasteiger partial charge in [0.2, 0.25) is 11.8 Å². The number of hydrogen-bond acceptors (Lipinski definition) is 3. The molecule has 2 N–H and O–H groups in total. The zero-order valence-corrected chi connectivity index (χ0v) is 12.0. The largest absolute Gasteiger partial charge is 0.573 e. The molecular weight excluding hydrogens is 313 g/mol. The summed E-state index contributed by atoms with van der Waals surface area (Å²) in [5.74, 6) is -1.63. The number of primary amides is 1. The number of carbonyl (C=O) groups excluding carboxylic acids is 2. The molecule has 1 aromatic carbocycles. The van der Waals surface area contributed by atoms with Crippen molar-refractivity contribution in [3.63, 3.8) is 0 Å². The maximum atomic E-state index is 12.3. The SMILES string of the molecule is NC(=O)[C@H]1CCN(C(=O)/C=C/c2ccccc2OC(F)(F)F)C1. The second-order valence-electron chi connectivity index (χ2n) is 5.09. The molecule has 1 aliphatic rings. The number of para-hydroxylation sites is 1. The number of halogens is 3. The van der Waals surface area contributed by atoms with E-state index < -0.39 is 18.2 Å². The van der Waals surface area contributed by atoms with Crippen LogP contribution in [0.1, 0.15) is 12.0 Å². The van der Waals surface area contributed by atoms with E-state index in [4.69, 9.17) is 5.73 Å². The van der Waals surface area contributed by atoms with Gasteiger partial charge in [0.15, 0.2) is 0 Å². The Bertz CT molecular complexity index is 629. The standard InChI is InChI=1S/C15H15F3N2O3/c16-15(17,18)23-12-4-2-1-3-10(12)5-6-13(21)20-8-7-11(9-20)14(19)22/h1-6,11H,7-9H2,(H2,19,22)/b6-5+/t11-/m0/s1. The number of benzene rings is 1. The van der Waals surface area contributed by atoms with E-state index in [1.165, 1.54) is 29.2 Å². The van der Waals surface area contributed by atoms with Crippen molar-refractivity contribution in [2.24, 2.45) is 11.7 Å². The Balaban J connectivity index is 2.06. The lowest BCUT2D eigenvalue weighted by atomic mass is 10.1. The minimum Gasteiger partial charge on any atom is -0.405 e. The van der Waals surface area contributed by atoms with E-state index in [-0.39, 0.29) is 23.8 Å². The van der Waals surface area contributed by atoms with E-state index in [1.54, 1.807) is 0 Å². The molecule has 0 bridgehead atoms. The van der Waals surface area contributed by atoms with Crippen LogP contribution in [0.25, 0.3) is 6.08 Å². The van der Waals surface area contributed by atoms with Gasteiger partial charge < -0.3 is 15.4 Å². The number of amides is 2. The molecule has 1 fully saturated rings. The number of ether oxygens (including phenoxy) is 1. The summed E-state index contributed by atoms with van der Waals surface area (Å²) in [5.41, 5.74) is 5.31. The Morgan fingerprint density at radius 1 is 1.30 bits per heavy atom. The fraction of sp³-hybridized carbons (Fsp3) is 0.333. The fourth-order valence-corrected chi connectivity index (χ4v) is 2.29. The Hall–Kier alpha value is -2.51. The highest BCUT2D eigenvalue weighted by Gasteiger charge is 2.32. The summed E-state index contributed by atoms with van der Waals surface area (Å²) in [5, 5.41) is 0. The first kappa shape index (κ1) is 16.9. The van der Waals surface area contributed by atoms with Gasteiger partial charge in [0.25, 0.3) is 0 Å². The molecule has 1 heterocycles. The number of rotatable bonds is 4. The van der Waals surface area contributed by atoms with Crippen molar-refractivity contribution in [1.29, 1.82) is 0 Å². The lowest BCUT2D eigenvalue weighted by Crippen LogP contribution is -2.30. The van der Waals surface area contributed by atoms with Crippen molar-refractivity contribution < 1.29 is 27.5 Å². The van der Waals surface area contributed by atoms with Gasteiger partial charge in [-0.25, -0.2) is 0 Å². The van der Waals surface area contributed by atoms with Gasteiger partial charge in [-0.2, -0.15) is 0 Å². The monoisotopic (exact) mass is 328 g/mol. The lowest BCUT2D eigenvalue weighted by molar-refractivity contribution is -0.274. The molecule has 0 spiro atoms. The third-order valence-corrected chi connectivity index (χ3v) is 3.45. The first-order valence-corrected chi connectivity index (χ1v) is 6.87. The van der Waals surface area contributed by atoms with Crippen molar-refractivity contribution >= 4 is 17.9 Å². The summed E-state index contributed by atoms with van der Waals surface area (Å²) < 4.78 is 40.9. The average molecular weight is 328 g/mol. The maximum absolute atomic E-state index is 12.3. The van der Waals surface area contributed by atoms with Crippen LogP contribution < -0.4 is 10.5 Å². The lowest BCUT2D eigenvalue weighted by Gasteiger charge is -2.14. The Morgan fingerprint density at radius 2 is 2.00 bits per heavy atom. The van der Waals surface area contributed by atoms with Crippen LogP contribution in [-0.4, -0.2) is 36.2 Å². The highest BCUT2D eigenvalue weighted by molar-refractivity contribution is 5.93. The van der Waals surface area contributed by atoms with Crippen LogP contribution in [0.2, 0.25) is 0 Å². The average Bonchev–Trinajstić information content (AvgIpc) is 2.94. The van der Waals surface area contributed by atoms with Gasteiger partial charge >= 0.3 is 6.36 Å². The van der Waals surface area contributed by atoms with Crippen LogP contribution in [0, 0.1) is 5.92 Å². The summed E-state index contributed by atoms with van der Waals surface area (Å²) >= 11 is 0. The Kier molecular flexibility index (Phi) is 4.92. The zero-order chi connectivity index (χ0) is 17.0. The van der Waals surface area contributed by atoms with Gasteiger partial charge in [-0.05, 0) is 18.6 Å². The third-order valence-electron chi connectivity index (χ3n) is 3.45. The van der Waals surface area contributed by atoms with Crippen LogP contribution >= 0.6 is 0 Å². The van der Waals surface area contributed by atoms with Crippen LogP contribution in [0.15, 0.2) is 30.3 Å². The van der Waals surface area contributed by atoms with Crippen molar-refractivity contribution in [3.8, 4) is 5.75 Å². The molecule has 0 unspecified atom stereocenters. The van der Waals surface area contributed by atoms with E-state index >= 15 is 0 Å². The first-order valence-electron chi connectivity index (χ1n) is 6.87. The zero-order valence-electron chi connectivity index (χ0n) is 12.0. The van der Waals surface area contributed by atoms with Gasteiger partial charge in [0, 0.05) is 24.7 Å². The van der Waals surface area contributed by atoms with Crippen molar-refractivity contribution in [2.75, 3.05) is 13.1 Å². The molecule has 0 aliphatic carbocycles. The van der Waals surface area contributed by atoms with Gasteiger partial charge in [-0.1, -0.05) is 18.2 Å². The van der Waals surface area contributed by atoms with Crippen molar-refractivity contribution in [2.45, 2.75) is 12.8 Å². The minimum atomic E-state index is -4.81. The molecule has 8 heteroatoms. The van der Waals surface area contributed by atoms with Gasteiger partial charge in [-0.3, -0.25) is 9.59 Å². The molecule has 5 nitrogen and oxygen atoms in total. The number of alkyl halides is 3. The highest BCUT2D eigenvalue weighted by atomic mass is 19.4. The number of nitrogens with zero attached hydrogens (tertiary/aromatic N) is 1. The minimum absolute atomic E-state index is 0.129. The van der Waals surface area contributed by atoms with Crippen molar-refractivity contribution in [1.82, 2.24) is 4.90 Å². The molecule has 1 aliphatic heterocycles. The van der Waals surface area contributed by atoms with Crippen LogP contribution in [0.4, 0.5) is 13.2 Å². The predicted molar refractivity (Wildman–Crippen MR) is 76.0 cm³/mol. The quantitative estimate of drug-likeness (QED) is 0.859. The number of likely N-dealkylation sites (tertiary alicyclic amines) is 1. The smallest absolute Gasteiger partial charge is 0.405 e. The van der Waals surface area contributed by atoms with E-state index in [0.29, 0.717) is 13.0 Å². The fourth-order valence-electron chi connectivity index (χ4n) is 2.29. The third kappa shape index (κ3) is 4.73. The summed E-state index contributed by atoms with van der Waals surface area (Å²) in [7, 11) is 0. The van der Waals surface area contributed by atoms with Gasteiger partial charge in [-0.15, -0.1) is 13.2 Å². The number of hydrogen-bond donors (Lipinski definition) is 1.